The lowest BCUT2D eigenvalue weighted by molar-refractivity contribution is -0.119. The van der Waals surface area contributed by atoms with Gasteiger partial charge in [0.1, 0.15) is 11.6 Å². The molecule has 2 aromatic carbocycles. The molecule has 0 bridgehead atoms. The van der Waals surface area contributed by atoms with Crippen molar-refractivity contribution in [2.75, 3.05) is 24.5 Å². The van der Waals surface area contributed by atoms with E-state index in [1.165, 1.54) is 29.2 Å². The van der Waals surface area contributed by atoms with Crippen molar-refractivity contribution in [3.8, 4) is 11.5 Å². The first-order valence-corrected chi connectivity index (χ1v) is 10.6. The molecule has 0 spiro atoms. The topological polar surface area (TPSA) is 82.7 Å². The Hall–Kier alpha value is -3.02. The molecule has 180 valence electrons. The van der Waals surface area contributed by atoms with E-state index in [-0.39, 0.29) is 40.8 Å². The predicted molar refractivity (Wildman–Crippen MR) is 114 cm³/mol. The van der Waals surface area contributed by atoms with Crippen molar-refractivity contribution in [1.29, 1.82) is 0 Å². The molecule has 1 aliphatic heterocycles. The van der Waals surface area contributed by atoms with E-state index in [9.17, 15) is 27.5 Å². The van der Waals surface area contributed by atoms with Crippen LogP contribution in [0.25, 0.3) is 11.5 Å². The molecule has 34 heavy (non-hydrogen) atoms. The highest BCUT2D eigenvalue weighted by molar-refractivity contribution is 6.31. The number of alkyl halides is 2. The van der Waals surface area contributed by atoms with Gasteiger partial charge in [0, 0.05) is 29.9 Å². The number of amides is 1. The molecular weight excluding hydrogens is 480 g/mol. The lowest BCUT2D eigenvalue weighted by atomic mass is 10.1. The maximum absolute atomic E-state index is 14.9. The minimum atomic E-state index is -2.95. The van der Waals surface area contributed by atoms with Crippen LogP contribution in [0.4, 0.5) is 23.2 Å². The van der Waals surface area contributed by atoms with Crippen LogP contribution in [0.15, 0.2) is 40.8 Å². The molecule has 0 unspecified atom stereocenters. The van der Waals surface area contributed by atoms with Crippen molar-refractivity contribution >= 4 is 23.2 Å². The Balaban J connectivity index is 1.59. The van der Waals surface area contributed by atoms with Crippen molar-refractivity contribution in [2.24, 2.45) is 0 Å². The molecule has 0 aliphatic carbocycles. The van der Waals surface area contributed by atoms with Gasteiger partial charge in [-0.25, -0.2) is 8.78 Å². The minimum Gasteiger partial charge on any atom is -0.415 e. The molecule has 1 atom stereocenters. The molecule has 0 saturated carbocycles. The number of aliphatic hydroxyl groups excluding tert-OH is 1. The van der Waals surface area contributed by atoms with E-state index in [0.717, 1.165) is 12.1 Å². The van der Waals surface area contributed by atoms with Gasteiger partial charge >= 0.3 is 6.43 Å². The standard InChI is InChI=1S/C22H19ClF4N4O3/c23-16-8-14(3-4-17(16)24)31(19(33)11-30-6-5-15(32)10-30)9-13-2-1-12(7-18(13)25)21-28-29-22(34-21)20(26)27/h1-4,7-8,15,20,32H,5-6,9-11H2/t15-/m0/s1. The largest absolute Gasteiger partial charge is 0.415 e. The summed E-state index contributed by atoms with van der Waals surface area (Å²) >= 11 is 5.89. The third-order valence-electron chi connectivity index (χ3n) is 5.38. The number of likely N-dealkylation sites (tertiary alicyclic amines) is 1. The van der Waals surface area contributed by atoms with Crippen LogP contribution < -0.4 is 4.90 Å². The van der Waals surface area contributed by atoms with Gasteiger partial charge in [0.05, 0.1) is 24.2 Å². The molecular formula is C22H19ClF4N4O3. The number of carbonyl (C=O) groups is 1. The third-order valence-corrected chi connectivity index (χ3v) is 5.67. The number of aromatic nitrogens is 2. The molecule has 0 radical (unpaired) electrons. The second kappa shape index (κ2) is 10.1. The number of nitrogens with zero attached hydrogens (tertiary/aromatic N) is 4. The second-order valence-corrected chi connectivity index (χ2v) is 8.22. The van der Waals surface area contributed by atoms with Gasteiger partial charge in [0.2, 0.25) is 11.8 Å². The Morgan fingerprint density at radius 3 is 2.62 bits per heavy atom. The Labute approximate surface area is 196 Å². The fraction of sp³-hybridized carbons (Fsp3) is 0.318. The van der Waals surface area contributed by atoms with E-state index in [1.807, 2.05) is 0 Å². The summed E-state index contributed by atoms with van der Waals surface area (Å²) in [7, 11) is 0. The lowest BCUT2D eigenvalue weighted by Gasteiger charge is -2.26. The van der Waals surface area contributed by atoms with Crippen LogP contribution in [0.3, 0.4) is 0 Å². The van der Waals surface area contributed by atoms with Crippen LogP contribution >= 0.6 is 11.6 Å². The van der Waals surface area contributed by atoms with E-state index in [1.54, 1.807) is 4.90 Å². The SMILES string of the molecule is O=C(CN1CC[C@H](O)C1)N(Cc1ccc(-c2nnc(C(F)F)o2)cc1F)c1ccc(F)c(Cl)c1. The lowest BCUT2D eigenvalue weighted by Crippen LogP contribution is -2.40. The molecule has 4 rings (SSSR count). The first-order chi connectivity index (χ1) is 16.2. The number of aliphatic hydroxyl groups is 1. The summed E-state index contributed by atoms with van der Waals surface area (Å²) < 4.78 is 58.8. The smallest absolute Gasteiger partial charge is 0.314 e. The van der Waals surface area contributed by atoms with Crippen LogP contribution in [0.2, 0.25) is 5.02 Å². The highest BCUT2D eigenvalue weighted by Crippen LogP contribution is 2.28. The minimum absolute atomic E-state index is 0.0376. The van der Waals surface area contributed by atoms with Gasteiger partial charge in [-0.2, -0.15) is 8.78 Å². The number of rotatable bonds is 7. The summed E-state index contributed by atoms with van der Waals surface area (Å²) in [5.41, 5.74) is 0.458. The Bertz CT molecular complexity index is 1190. The quantitative estimate of drug-likeness (QED) is 0.492. The Morgan fingerprint density at radius 1 is 1.21 bits per heavy atom. The van der Waals surface area contributed by atoms with Crippen LogP contribution in [-0.4, -0.2) is 51.8 Å². The average molecular weight is 499 g/mol. The molecule has 1 aromatic heterocycles. The van der Waals surface area contributed by atoms with Crippen molar-refractivity contribution in [3.05, 3.63) is 64.5 Å². The number of hydrogen-bond donors (Lipinski definition) is 1. The van der Waals surface area contributed by atoms with Crippen LogP contribution in [0.1, 0.15) is 24.3 Å². The van der Waals surface area contributed by atoms with Crippen molar-refractivity contribution in [3.63, 3.8) is 0 Å². The predicted octanol–water partition coefficient (Wildman–Crippen LogP) is 4.21. The molecule has 1 amide bonds. The van der Waals surface area contributed by atoms with Crippen molar-refractivity contribution in [2.45, 2.75) is 25.5 Å². The summed E-state index contributed by atoms with van der Waals surface area (Å²) in [6.45, 7) is 0.607. The van der Waals surface area contributed by atoms with Gasteiger partial charge < -0.3 is 14.4 Å². The summed E-state index contributed by atoms with van der Waals surface area (Å²) in [4.78, 5) is 16.1. The van der Waals surface area contributed by atoms with Gasteiger partial charge in [-0.15, -0.1) is 10.2 Å². The Kier molecular flexibility index (Phi) is 7.15. The summed E-state index contributed by atoms with van der Waals surface area (Å²) in [5, 5.41) is 16.2. The molecule has 1 fully saturated rings. The van der Waals surface area contributed by atoms with E-state index in [2.05, 4.69) is 10.2 Å². The van der Waals surface area contributed by atoms with Crippen molar-refractivity contribution < 1.29 is 31.9 Å². The number of carbonyl (C=O) groups excluding carboxylic acids is 1. The van der Waals surface area contributed by atoms with Crippen LogP contribution in [0, 0.1) is 11.6 Å². The normalized spacial score (nSPS) is 16.4. The van der Waals surface area contributed by atoms with Gasteiger partial charge in [0.25, 0.3) is 5.89 Å². The van der Waals surface area contributed by atoms with E-state index >= 15 is 0 Å². The number of hydrogen-bond acceptors (Lipinski definition) is 6. The van der Waals surface area contributed by atoms with Gasteiger partial charge in [-0.1, -0.05) is 17.7 Å². The first-order valence-electron chi connectivity index (χ1n) is 10.3. The molecule has 2 heterocycles. The van der Waals surface area contributed by atoms with Crippen LogP contribution in [-0.2, 0) is 11.3 Å². The maximum Gasteiger partial charge on any atom is 0.314 e. The van der Waals surface area contributed by atoms with Gasteiger partial charge in [-0.05, 0) is 36.8 Å². The number of anilines is 1. The summed E-state index contributed by atoms with van der Waals surface area (Å²) in [5.74, 6) is -2.96. The fourth-order valence-electron chi connectivity index (χ4n) is 3.63. The van der Waals surface area contributed by atoms with Gasteiger partial charge in [-0.3, -0.25) is 9.69 Å². The maximum atomic E-state index is 14.9. The van der Waals surface area contributed by atoms with E-state index < -0.39 is 36.0 Å². The number of benzene rings is 2. The van der Waals surface area contributed by atoms with E-state index in [4.69, 9.17) is 16.0 Å². The summed E-state index contributed by atoms with van der Waals surface area (Å²) in [6.07, 6.45) is -2.94. The Morgan fingerprint density at radius 2 is 2.00 bits per heavy atom. The third kappa shape index (κ3) is 5.37. The van der Waals surface area contributed by atoms with Gasteiger partial charge in [0.15, 0.2) is 0 Å². The van der Waals surface area contributed by atoms with Crippen molar-refractivity contribution in [1.82, 2.24) is 15.1 Å². The molecule has 12 heteroatoms. The fourth-order valence-corrected chi connectivity index (χ4v) is 3.80. The molecule has 1 saturated heterocycles. The monoisotopic (exact) mass is 498 g/mol. The van der Waals surface area contributed by atoms with Crippen LogP contribution in [0.5, 0.6) is 0 Å². The zero-order valence-electron chi connectivity index (χ0n) is 17.6. The highest BCUT2D eigenvalue weighted by atomic mass is 35.5. The molecule has 1 aliphatic rings. The second-order valence-electron chi connectivity index (χ2n) is 7.81. The molecule has 1 N–H and O–H groups in total. The summed E-state index contributed by atoms with van der Waals surface area (Å²) in [6, 6.07) is 7.53. The first kappa shape index (κ1) is 24.1. The molecule has 7 nitrogen and oxygen atoms in total. The van der Waals surface area contributed by atoms with E-state index in [0.29, 0.717) is 19.5 Å². The number of β-amino-alcohol motifs (C(OH)–C–C–N with tert-alkyl or cyclic N) is 1. The average Bonchev–Trinajstić information content (AvgIpc) is 3.44. The zero-order valence-corrected chi connectivity index (χ0v) is 18.4. The number of halogens is 5. The zero-order chi connectivity index (χ0) is 24.4. The molecule has 3 aromatic rings. The highest BCUT2D eigenvalue weighted by Gasteiger charge is 2.26.